The predicted octanol–water partition coefficient (Wildman–Crippen LogP) is 1.30. The second kappa shape index (κ2) is 3.40. The molecule has 0 saturated heterocycles. The molecule has 0 aromatic carbocycles. The van der Waals surface area contributed by atoms with Gasteiger partial charge in [0.1, 0.15) is 0 Å². The Kier molecular flexibility index (Phi) is 2.49. The van der Waals surface area contributed by atoms with Crippen LogP contribution in [0.1, 0.15) is 13.3 Å². The predicted molar refractivity (Wildman–Crippen MR) is 44.4 cm³/mol. The third kappa shape index (κ3) is 1.38. The van der Waals surface area contributed by atoms with Crippen molar-refractivity contribution in [1.82, 2.24) is 4.90 Å². The molecule has 0 saturated carbocycles. The number of rotatable bonds is 3. The molecule has 1 rings (SSSR count). The van der Waals surface area contributed by atoms with Crippen LogP contribution >= 0.6 is 0 Å². The Labute approximate surface area is 62.3 Å². The highest BCUT2D eigenvalue weighted by atomic mass is 15.2. The molecule has 0 amide bonds. The zero-order valence-electron chi connectivity index (χ0n) is 6.51. The average Bonchev–Trinajstić information content (AvgIpc) is 2.36. The van der Waals surface area contributed by atoms with E-state index >= 15 is 0 Å². The smallest absolute Gasteiger partial charge is 0.0990 e. The van der Waals surface area contributed by atoms with E-state index in [2.05, 4.69) is 23.4 Å². The summed E-state index contributed by atoms with van der Waals surface area (Å²) in [6, 6.07) is 0. The van der Waals surface area contributed by atoms with Crippen LogP contribution in [0.15, 0.2) is 17.6 Å². The van der Waals surface area contributed by atoms with Crippen LogP contribution in [0.2, 0.25) is 0 Å². The summed E-state index contributed by atoms with van der Waals surface area (Å²) >= 11 is 0. The molecule has 2 heteroatoms. The van der Waals surface area contributed by atoms with Crippen molar-refractivity contribution >= 4 is 5.84 Å². The van der Waals surface area contributed by atoms with Crippen LogP contribution in [0.5, 0.6) is 0 Å². The van der Waals surface area contributed by atoms with Gasteiger partial charge in [-0.2, -0.15) is 0 Å². The average molecular weight is 138 g/mol. The van der Waals surface area contributed by atoms with E-state index < -0.39 is 0 Å². The zero-order chi connectivity index (χ0) is 7.40. The minimum absolute atomic E-state index is 0.951. The summed E-state index contributed by atoms with van der Waals surface area (Å²) < 4.78 is 0. The quantitative estimate of drug-likeness (QED) is 0.537. The maximum atomic E-state index is 4.35. The van der Waals surface area contributed by atoms with E-state index in [0.717, 1.165) is 26.1 Å². The van der Waals surface area contributed by atoms with Gasteiger partial charge in [0.2, 0.25) is 0 Å². The normalized spacial score (nSPS) is 17.3. The molecular weight excluding hydrogens is 124 g/mol. The minimum Gasteiger partial charge on any atom is -0.355 e. The molecular formula is C8H14N2. The van der Waals surface area contributed by atoms with Gasteiger partial charge in [0, 0.05) is 19.5 Å². The van der Waals surface area contributed by atoms with Gasteiger partial charge in [-0.1, -0.05) is 13.0 Å². The summed E-state index contributed by atoms with van der Waals surface area (Å²) in [5.41, 5.74) is 0. The van der Waals surface area contributed by atoms with Gasteiger partial charge in [-0.05, 0) is 0 Å². The van der Waals surface area contributed by atoms with Crippen LogP contribution < -0.4 is 0 Å². The van der Waals surface area contributed by atoms with E-state index in [1.165, 1.54) is 5.84 Å². The lowest BCUT2D eigenvalue weighted by atomic mass is 10.4. The largest absolute Gasteiger partial charge is 0.355 e. The summed E-state index contributed by atoms with van der Waals surface area (Å²) in [5, 5.41) is 0. The van der Waals surface area contributed by atoms with Crippen molar-refractivity contribution in [3.63, 3.8) is 0 Å². The molecule has 0 aliphatic carbocycles. The molecule has 1 aliphatic rings. The lowest BCUT2D eigenvalue weighted by Gasteiger charge is -2.16. The molecule has 1 heterocycles. The second-order valence-corrected chi connectivity index (χ2v) is 2.39. The summed E-state index contributed by atoms with van der Waals surface area (Å²) in [6.07, 6.45) is 2.98. The lowest BCUT2D eigenvalue weighted by molar-refractivity contribution is 0.499. The zero-order valence-corrected chi connectivity index (χ0v) is 6.51. The molecule has 1 aliphatic heterocycles. The number of amidine groups is 1. The number of nitrogens with zero attached hydrogens (tertiary/aromatic N) is 2. The molecule has 0 aromatic heterocycles. The van der Waals surface area contributed by atoms with E-state index in [1.807, 2.05) is 6.08 Å². The standard InChI is InChI=1S/C8H14N2/c1-3-6-10-7-5-9-8(10)4-2/h3H,1,4-7H2,2H3. The molecule has 0 unspecified atom stereocenters. The highest BCUT2D eigenvalue weighted by Crippen LogP contribution is 2.03. The fourth-order valence-electron chi connectivity index (χ4n) is 1.22. The van der Waals surface area contributed by atoms with Crippen LogP contribution in [-0.4, -0.2) is 30.4 Å². The Bertz CT molecular complexity index is 149. The number of hydrogen-bond acceptors (Lipinski definition) is 2. The maximum absolute atomic E-state index is 4.35. The fraction of sp³-hybridized carbons (Fsp3) is 0.625. The molecule has 2 nitrogen and oxygen atoms in total. The highest BCUT2D eigenvalue weighted by molar-refractivity contribution is 5.83. The molecule has 0 bridgehead atoms. The molecule has 56 valence electrons. The maximum Gasteiger partial charge on any atom is 0.0990 e. The van der Waals surface area contributed by atoms with E-state index in [-0.39, 0.29) is 0 Å². The summed E-state index contributed by atoms with van der Waals surface area (Å²) in [4.78, 5) is 6.62. The first kappa shape index (κ1) is 7.32. The Morgan fingerprint density at radius 2 is 2.60 bits per heavy atom. The van der Waals surface area contributed by atoms with Crippen LogP contribution in [0.3, 0.4) is 0 Å². The summed E-state index contributed by atoms with van der Waals surface area (Å²) in [5.74, 6) is 1.24. The van der Waals surface area contributed by atoms with Gasteiger partial charge >= 0.3 is 0 Å². The number of hydrogen-bond donors (Lipinski definition) is 0. The van der Waals surface area contributed by atoms with Crippen molar-refractivity contribution in [1.29, 1.82) is 0 Å². The van der Waals surface area contributed by atoms with Gasteiger partial charge in [0.25, 0.3) is 0 Å². The SMILES string of the molecule is C=CCN1CCN=C1CC. The third-order valence-corrected chi connectivity index (χ3v) is 1.69. The van der Waals surface area contributed by atoms with Gasteiger partial charge in [-0.15, -0.1) is 6.58 Å². The number of aliphatic imine (C=N–C) groups is 1. The Morgan fingerprint density at radius 1 is 1.80 bits per heavy atom. The van der Waals surface area contributed by atoms with E-state index in [1.54, 1.807) is 0 Å². The molecule has 0 radical (unpaired) electrons. The van der Waals surface area contributed by atoms with Crippen LogP contribution in [-0.2, 0) is 0 Å². The Morgan fingerprint density at radius 3 is 3.20 bits per heavy atom. The summed E-state index contributed by atoms with van der Waals surface area (Å²) in [7, 11) is 0. The van der Waals surface area contributed by atoms with E-state index in [9.17, 15) is 0 Å². The molecule has 0 N–H and O–H groups in total. The first-order chi connectivity index (χ1) is 4.88. The molecule has 0 aromatic rings. The first-order valence-electron chi connectivity index (χ1n) is 3.77. The van der Waals surface area contributed by atoms with Gasteiger partial charge in [0.15, 0.2) is 0 Å². The summed E-state index contributed by atoms with van der Waals surface area (Å²) in [6.45, 7) is 8.83. The third-order valence-electron chi connectivity index (χ3n) is 1.69. The molecule has 0 atom stereocenters. The highest BCUT2D eigenvalue weighted by Gasteiger charge is 2.11. The molecule has 0 fully saturated rings. The Balaban J connectivity index is 2.45. The van der Waals surface area contributed by atoms with Crippen molar-refractivity contribution in [2.75, 3.05) is 19.6 Å². The Hall–Kier alpha value is -0.790. The van der Waals surface area contributed by atoms with Crippen LogP contribution in [0.4, 0.5) is 0 Å². The van der Waals surface area contributed by atoms with Crippen LogP contribution in [0, 0.1) is 0 Å². The molecule has 0 spiro atoms. The van der Waals surface area contributed by atoms with Crippen LogP contribution in [0.25, 0.3) is 0 Å². The van der Waals surface area contributed by atoms with Crippen molar-refractivity contribution in [2.24, 2.45) is 4.99 Å². The van der Waals surface area contributed by atoms with Gasteiger partial charge in [-0.3, -0.25) is 4.99 Å². The van der Waals surface area contributed by atoms with E-state index in [0.29, 0.717) is 0 Å². The van der Waals surface area contributed by atoms with Gasteiger partial charge in [0.05, 0.1) is 12.4 Å². The van der Waals surface area contributed by atoms with Crippen molar-refractivity contribution in [3.8, 4) is 0 Å². The monoisotopic (exact) mass is 138 g/mol. The van der Waals surface area contributed by atoms with Gasteiger partial charge < -0.3 is 4.90 Å². The van der Waals surface area contributed by atoms with Crippen molar-refractivity contribution in [3.05, 3.63) is 12.7 Å². The molecule has 10 heavy (non-hydrogen) atoms. The van der Waals surface area contributed by atoms with Crippen molar-refractivity contribution < 1.29 is 0 Å². The lowest BCUT2D eigenvalue weighted by Crippen LogP contribution is -2.26. The van der Waals surface area contributed by atoms with Crippen molar-refractivity contribution in [2.45, 2.75) is 13.3 Å². The van der Waals surface area contributed by atoms with E-state index in [4.69, 9.17) is 0 Å². The fourth-order valence-corrected chi connectivity index (χ4v) is 1.22. The minimum atomic E-state index is 0.951. The second-order valence-electron chi connectivity index (χ2n) is 2.39. The first-order valence-corrected chi connectivity index (χ1v) is 3.77. The van der Waals surface area contributed by atoms with Gasteiger partial charge in [-0.25, -0.2) is 0 Å². The topological polar surface area (TPSA) is 15.6 Å².